The van der Waals surface area contributed by atoms with Crippen LogP contribution in [0.25, 0.3) is 27.6 Å². The van der Waals surface area contributed by atoms with Crippen LogP contribution >= 0.6 is 0 Å². The van der Waals surface area contributed by atoms with E-state index < -0.39 is 0 Å². The smallest absolute Gasteiger partial charge is 0.135 e. The molecule has 0 saturated heterocycles. The predicted octanol–water partition coefficient (Wildman–Crippen LogP) is 15.0. The van der Waals surface area contributed by atoms with Gasteiger partial charge in [0.2, 0.25) is 0 Å². The number of rotatable bonds is 7. The molecule has 7 aromatic rings. The number of hydrogen-bond donors (Lipinski definition) is 0. The van der Waals surface area contributed by atoms with Crippen LogP contribution in [0.1, 0.15) is 125 Å². The first kappa shape index (κ1) is 45.9. The van der Waals surface area contributed by atoms with Crippen molar-refractivity contribution in [2.24, 2.45) is 0 Å². The molecule has 0 fully saturated rings. The van der Waals surface area contributed by atoms with Gasteiger partial charge in [-0.05, 0) is 91.4 Å². The van der Waals surface area contributed by atoms with Crippen molar-refractivity contribution in [3.8, 4) is 17.3 Å². The third-order valence-corrected chi connectivity index (χ3v) is 12.4. The van der Waals surface area contributed by atoms with E-state index in [2.05, 4.69) is 227 Å². The summed E-state index contributed by atoms with van der Waals surface area (Å²) in [7, 11) is 0. The Hall–Kier alpha value is -5.12. The molecular formula is C57H63N4OPt-3. The standard InChI is InChI=1S/C57H63N4O.Pt/c1-53(2,3)39-23-26-49-48(32-39)47-25-24-46(35-50(47)61(49)52-33-40(27-28-58-52)54(4,5)6)62-45-22-18-21-43(34-45)60-37-59(36-51(60)57(13,14)38-19-16-15-17-20-38)44-30-41(55(7,8)9)29-42(31-44)56(10,11)12;/h15-33,36-37H,1-14H3;/q-3;. The Kier molecular flexibility index (Phi) is 12.0. The zero-order valence-electron chi connectivity index (χ0n) is 39.6. The van der Waals surface area contributed by atoms with E-state index in [1.165, 1.54) is 33.2 Å². The summed E-state index contributed by atoms with van der Waals surface area (Å²) in [5.74, 6) is 2.08. The summed E-state index contributed by atoms with van der Waals surface area (Å²) in [4.78, 5) is 9.47. The Bertz CT molecular complexity index is 2790. The molecule has 3 heterocycles. The van der Waals surface area contributed by atoms with Crippen molar-refractivity contribution in [1.82, 2.24) is 9.55 Å². The van der Waals surface area contributed by atoms with Gasteiger partial charge in [0.15, 0.2) is 0 Å². The minimum Gasteiger partial charge on any atom is -0.509 e. The maximum atomic E-state index is 6.73. The summed E-state index contributed by atoms with van der Waals surface area (Å²) in [5.41, 5.74) is 11.1. The van der Waals surface area contributed by atoms with E-state index >= 15 is 0 Å². The van der Waals surface area contributed by atoms with E-state index in [-0.39, 0.29) is 48.1 Å². The second-order valence-corrected chi connectivity index (χ2v) is 21.7. The Morgan fingerprint density at radius 2 is 1.16 bits per heavy atom. The number of allylic oxidation sites excluding steroid dienone is 1. The van der Waals surface area contributed by atoms with Crippen LogP contribution in [0.15, 0.2) is 127 Å². The average Bonchev–Trinajstić information content (AvgIpc) is 3.80. The molecule has 0 bridgehead atoms. The quantitative estimate of drug-likeness (QED) is 0.149. The van der Waals surface area contributed by atoms with Gasteiger partial charge in [-0.1, -0.05) is 151 Å². The molecular weight excluding hydrogens is 952 g/mol. The topological polar surface area (TPSA) is 33.5 Å². The number of nitrogens with zero attached hydrogens (tertiary/aromatic N) is 4. The fourth-order valence-corrected chi connectivity index (χ4v) is 8.29. The first-order chi connectivity index (χ1) is 29.0. The van der Waals surface area contributed by atoms with Gasteiger partial charge < -0.3 is 19.1 Å². The summed E-state index contributed by atoms with van der Waals surface area (Å²) in [6.07, 6.45) is 4.21. The van der Waals surface area contributed by atoms with E-state index in [1.54, 1.807) is 0 Å². The zero-order chi connectivity index (χ0) is 44.6. The summed E-state index contributed by atoms with van der Waals surface area (Å²) in [5, 5.41) is 2.28. The second-order valence-electron chi connectivity index (χ2n) is 21.7. The summed E-state index contributed by atoms with van der Waals surface area (Å²) in [6.45, 7) is 34.0. The van der Waals surface area contributed by atoms with Crippen molar-refractivity contribution < 1.29 is 25.8 Å². The van der Waals surface area contributed by atoms with Gasteiger partial charge in [-0.15, -0.1) is 48.1 Å². The molecule has 8 rings (SSSR count). The molecule has 0 spiro atoms. The normalized spacial score (nSPS) is 14.0. The minimum absolute atomic E-state index is 0. The van der Waals surface area contributed by atoms with Crippen molar-refractivity contribution in [2.75, 3.05) is 9.80 Å². The maximum Gasteiger partial charge on any atom is 0.135 e. The van der Waals surface area contributed by atoms with Gasteiger partial charge in [-0.3, -0.25) is 0 Å². The van der Waals surface area contributed by atoms with Crippen LogP contribution in [0, 0.1) is 18.8 Å². The number of anilines is 2. The zero-order valence-corrected chi connectivity index (χ0v) is 41.9. The molecule has 0 atom stereocenters. The molecule has 1 aliphatic rings. The molecule has 0 unspecified atom stereocenters. The van der Waals surface area contributed by atoms with Crippen LogP contribution in [-0.2, 0) is 48.1 Å². The largest absolute Gasteiger partial charge is 0.509 e. The molecule has 0 N–H and O–H groups in total. The number of hydrogen-bond acceptors (Lipinski definition) is 4. The molecule has 5 aromatic carbocycles. The molecule has 63 heavy (non-hydrogen) atoms. The second kappa shape index (κ2) is 16.5. The van der Waals surface area contributed by atoms with Crippen molar-refractivity contribution >= 4 is 33.2 Å². The number of aromatic nitrogens is 2. The van der Waals surface area contributed by atoms with Crippen LogP contribution in [0.5, 0.6) is 11.5 Å². The van der Waals surface area contributed by atoms with Gasteiger partial charge in [0.25, 0.3) is 0 Å². The minimum atomic E-state index is -0.344. The Morgan fingerprint density at radius 1 is 0.540 bits per heavy atom. The average molecular weight is 1020 g/mol. The van der Waals surface area contributed by atoms with Gasteiger partial charge in [-0.25, -0.2) is 4.98 Å². The fourth-order valence-electron chi connectivity index (χ4n) is 8.29. The molecule has 5 nitrogen and oxygen atoms in total. The molecule has 0 aliphatic carbocycles. The van der Waals surface area contributed by atoms with E-state index in [1.807, 2.05) is 24.4 Å². The first-order valence-electron chi connectivity index (χ1n) is 22.0. The monoisotopic (exact) mass is 1010 g/mol. The Balaban J connectivity index is 0.00000595. The van der Waals surface area contributed by atoms with E-state index in [4.69, 9.17) is 9.72 Å². The van der Waals surface area contributed by atoms with Crippen LogP contribution in [0.2, 0.25) is 0 Å². The SMILES string of the molecule is CC(C)(C)c1cc(N2C=C(C(C)(C)c3ccccc3)N(c3[c-]c(Oc4[c-]c5c(cc4)c4cc(C(C)(C)C)ccc4n5-c4cc(C(C)(C)C)ccn4)ccc3)[CH-]2)cc(C(C)(C)C)c1.[Pt]. The van der Waals surface area contributed by atoms with Crippen molar-refractivity contribution in [1.29, 1.82) is 0 Å². The fraction of sp³-hybridized carbons (Fsp3) is 0.333. The predicted molar refractivity (Wildman–Crippen MR) is 261 cm³/mol. The van der Waals surface area contributed by atoms with Crippen LogP contribution in [0.3, 0.4) is 0 Å². The van der Waals surface area contributed by atoms with Gasteiger partial charge in [0, 0.05) is 61.1 Å². The summed E-state index contributed by atoms with van der Waals surface area (Å²) < 4.78 is 8.97. The van der Waals surface area contributed by atoms with E-state index in [0.29, 0.717) is 11.5 Å². The van der Waals surface area contributed by atoms with Crippen molar-refractivity contribution in [3.63, 3.8) is 0 Å². The van der Waals surface area contributed by atoms with Crippen molar-refractivity contribution in [3.05, 3.63) is 174 Å². The van der Waals surface area contributed by atoms with Gasteiger partial charge >= 0.3 is 0 Å². The van der Waals surface area contributed by atoms with Gasteiger partial charge in [0.1, 0.15) is 5.82 Å². The van der Waals surface area contributed by atoms with Gasteiger partial charge in [0.05, 0.1) is 0 Å². The number of ether oxygens (including phenoxy) is 1. The molecule has 1 aliphatic heterocycles. The summed E-state index contributed by atoms with van der Waals surface area (Å²) >= 11 is 0. The number of pyridine rings is 1. The Labute approximate surface area is 391 Å². The van der Waals surface area contributed by atoms with Crippen LogP contribution in [-0.4, -0.2) is 9.55 Å². The van der Waals surface area contributed by atoms with E-state index in [9.17, 15) is 0 Å². The molecule has 6 heteroatoms. The Morgan fingerprint density at radius 3 is 1.79 bits per heavy atom. The van der Waals surface area contributed by atoms with Crippen LogP contribution in [0.4, 0.5) is 11.4 Å². The van der Waals surface area contributed by atoms with Crippen molar-refractivity contribution in [2.45, 2.75) is 124 Å². The number of fused-ring (bicyclic) bond motifs is 3. The molecule has 0 radical (unpaired) electrons. The molecule has 2 aromatic heterocycles. The maximum absolute atomic E-state index is 6.73. The third-order valence-electron chi connectivity index (χ3n) is 12.4. The number of benzene rings is 5. The van der Waals surface area contributed by atoms with E-state index in [0.717, 1.165) is 39.3 Å². The molecule has 0 saturated carbocycles. The van der Waals surface area contributed by atoms with Gasteiger partial charge in [-0.2, -0.15) is 12.1 Å². The first-order valence-corrected chi connectivity index (χ1v) is 22.0. The summed E-state index contributed by atoms with van der Waals surface area (Å²) in [6, 6.07) is 46.6. The molecule has 330 valence electrons. The van der Waals surface area contributed by atoms with Crippen LogP contribution < -0.4 is 14.5 Å². The third kappa shape index (κ3) is 9.14. The molecule has 0 amide bonds.